The Morgan fingerprint density at radius 2 is 1.64 bits per heavy atom. The van der Waals surface area contributed by atoms with Crippen LogP contribution in [0.2, 0.25) is 0 Å². The highest BCUT2D eigenvalue weighted by molar-refractivity contribution is 7.89. The minimum Gasteiger partial charge on any atom is -0.379 e. The maximum atomic E-state index is 13.8. The van der Waals surface area contributed by atoms with Crippen molar-refractivity contribution in [2.45, 2.75) is 39.0 Å². The number of morpholine rings is 1. The number of fused-ring (bicyclic) bond motifs is 1. The second-order valence-corrected chi connectivity index (χ2v) is 13.8. The molecule has 0 spiro atoms. The Balaban J connectivity index is 1.56. The first-order valence-corrected chi connectivity index (χ1v) is 16.0. The summed E-state index contributed by atoms with van der Waals surface area (Å²) in [4.78, 5) is 22.8. The van der Waals surface area contributed by atoms with E-state index in [-0.39, 0.29) is 22.6 Å². The molecule has 1 aliphatic rings. The molecule has 0 N–H and O–H groups in total. The number of thiazole rings is 1. The highest BCUT2D eigenvalue weighted by atomic mass is 32.2. The number of rotatable bonds is 12. The molecule has 0 radical (unpaired) electrons. The summed E-state index contributed by atoms with van der Waals surface area (Å²) in [5, 5.41) is 0.653. The summed E-state index contributed by atoms with van der Waals surface area (Å²) in [6.45, 7) is 13.6. The third-order valence-electron chi connectivity index (χ3n) is 6.60. The number of sulfonamides is 1. The van der Waals surface area contributed by atoms with Crippen molar-refractivity contribution >= 4 is 42.6 Å². The third kappa shape index (κ3) is 7.64. The second kappa shape index (κ2) is 13.3. The smallest absolute Gasteiger partial charge is 0.260 e. The summed E-state index contributed by atoms with van der Waals surface area (Å²) in [7, 11) is -3.67. The van der Waals surface area contributed by atoms with Gasteiger partial charge in [0.2, 0.25) is 10.0 Å². The van der Waals surface area contributed by atoms with Crippen molar-refractivity contribution in [2.75, 3.05) is 57.4 Å². The van der Waals surface area contributed by atoms with Gasteiger partial charge in [-0.3, -0.25) is 14.6 Å². The SMILES string of the molecule is CC(C)CN(CC(C)C)S(=O)(=O)c1ccc(C(=O)N(CCCN2CCOCC2)c2nc3ccccc3s2)cc1. The van der Waals surface area contributed by atoms with Crippen LogP contribution < -0.4 is 4.90 Å². The van der Waals surface area contributed by atoms with Crippen molar-refractivity contribution in [1.82, 2.24) is 14.2 Å². The molecule has 0 saturated carbocycles. The van der Waals surface area contributed by atoms with Gasteiger partial charge in [0.15, 0.2) is 5.13 Å². The van der Waals surface area contributed by atoms with Gasteiger partial charge in [-0.25, -0.2) is 13.4 Å². The largest absolute Gasteiger partial charge is 0.379 e. The summed E-state index contributed by atoms with van der Waals surface area (Å²) in [6.07, 6.45) is 0.799. The van der Waals surface area contributed by atoms with Crippen LogP contribution in [-0.2, 0) is 14.8 Å². The first kappa shape index (κ1) is 29.6. The summed E-state index contributed by atoms with van der Waals surface area (Å²) in [6, 6.07) is 14.2. The molecule has 39 heavy (non-hydrogen) atoms. The molecule has 8 nitrogen and oxygen atoms in total. The van der Waals surface area contributed by atoms with E-state index in [1.54, 1.807) is 33.5 Å². The monoisotopic (exact) mass is 572 g/mol. The number of benzene rings is 2. The quantitative estimate of drug-likeness (QED) is 0.305. The minimum absolute atomic E-state index is 0.179. The van der Waals surface area contributed by atoms with E-state index in [1.807, 2.05) is 52.0 Å². The summed E-state index contributed by atoms with van der Waals surface area (Å²) in [5.74, 6) is 0.236. The molecule has 0 atom stereocenters. The van der Waals surface area contributed by atoms with Gasteiger partial charge in [0.25, 0.3) is 5.91 Å². The lowest BCUT2D eigenvalue weighted by Gasteiger charge is -2.28. The molecule has 2 heterocycles. The van der Waals surface area contributed by atoms with Gasteiger partial charge < -0.3 is 4.74 Å². The molecule has 10 heteroatoms. The molecular weight excluding hydrogens is 532 g/mol. The zero-order valence-corrected chi connectivity index (χ0v) is 25.0. The predicted molar refractivity (Wildman–Crippen MR) is 158 cm³/mol. The van der Waals surface area contributed by atoms with E-state index in [0.29, 0.717) is 30.3 Å². The minimum atomic E-state index is -3.67. The normalized spacial score (nSPS) is 15.1. The molecule has 1 amide bonds. The van der Waals surface area contributed by atoms with Crippen LogP contribution in [0.15, 0.2) is 53.4 Å². The van der Waals surface area contributed by atoms with Gasteiger partial charge in [-0.15, -0.1) is 0 Å². The first-order valence-electron chi connectivity index (χ1n) is 13.7. The standard InChI is InChI=1S/C29H40N4O4S2/c1-22(2)20-32(21-23(3)4)39(35,36)25-12-10-24(11-13-25)28(34)33(15-7-14-31-16-18-37-19-17-31)29-30-26-8-5-6-9-27(26)38-29/h5-6,8-13,22-23H,7,14-21H2,1-4H3. The van der Waals surface area contributed by atoms with E-state index < -0.39 is 10.0 Å². The Kier molecular flexibility index (Phi) is 10.1. The number of carbonyl (C=O) groups is 1. The first-order chi connectivity index (χ1) is 18.6. The van der Waals surface area contributed by atoms with E-state index in [1.165, 1.54) is 11.3 Å². The number of nitrogens with zero attached hydrogens (tertiary/aromatic N) is 4. The summed E-state index contributed by atoms with van der Waals surface area (Å²) < 4.78 is 34.9. The van der Waals surface area contributed by atoms with Gasteiger partial charge in [0, 0.05) is 44.8 Å². The van der Waals surface area contributed by atoms with Gasteiger partial charge in [-0.1, -0.05) is 51.2 Å². The second-order valence-electron chi connectivity index (χ2n) is 10.9. The number of amides is 1. The number of ether oxygens (including phenoxy) is 1. The zero-order valence-electron chi connectivity index (χ0n) is 23.4. The van der Waals surface area contributed by atoms with Crippen LogP contribution in [0.5, 0.6) is 0 Å². The van der Waals surface area contributed by atoms with Crippen molar-refractivity contribution in [3.8, 4) is 0 Å². The van der Waals surface area contributed by atoms with E-state index in [4.69, 9.17) is 9.72 Å². The fourth-order valence-electron chi connectivity index (χ4n) is 4.70. The fourth-order valence-corrected chi connectivity index (χ4v) is 7.45. The number of anilines is 1. The maximum Gasteiger partial charge on any atom is 0.260 e. The van der Waals surface area contributed by atoms with Crippen LogP contribution >= 0.6 is 11.3 Å². The lowest BCUT2D eigenvalue weighted by molar-refractivity contribution is 0.0376. The van der Waals surface area contributed by atoms with Crippen LogP contribution in [0.4, 0.5) is 5.13 Å². The van der Waals surface area contributed by atoms with Crippen LogP contribution in [0.3, 0.4) is 0 Å². The summed E-state index contributed by atoms with van der Waals surface area (Å²) >= 11 is 1.49. The Morgan fingerprint density at radius 3 is 2.26 bits per heavy atom. The van der Waals surface area contributed by atoms with E-state index in [2.05, 4.69) is 4.90 Å². The van der Waals surface area contributed by atoms with Gasteiger partial charge in [-0.2, -0.15) is 4.31 Å². The number of aromatic nitrogens is 1. The third-order valence-corrected chi connectivity index (χ3v) is 9.50. The molecule has 0 aliphatic carbocycles. The Morgan fingerprint density at radius 1 is 1.00 bits per heavy atom. The Bertz CT molecular complexity index is 1290. The molecule has 0 unspecified atom stereocenters. The van der Waals surface area contributed by atoms with Crippen molar-refractivity contribution < 1.29 is 17.9 Å². The predicted octanol–water partition coefficient (Wildman–Crippen LogP) is 4.97. The molecule has 1 aliphatic heterocycles. The highest BCUT2D eigenvalue weighted by Gasteiger charge is 2.27. The van der Waals surface area contributed by atoms with Crippen molar-refractivity contribution in [3.05, 3.63) is 54.1 Å². The van der Waals surface area contributed by atoms with Crippen LogP contribution in [0, 0.1) is 11.8 Å². The van der Waals surface area contributed by atoms with Crippen molar-refractivity contribution in [2.24, 2.45) is 11.8 Å². The van der Waals surface area contributed by atoms with E-state index in [0.717, 1.165) is 49.5 Å². The number of hydrogen-bond donors (Lipinski definition) is 0. The summed E-state index contributed by atoms with van der Waals surface area (Å²) in [5.41, 5.74) is 1.30. The van der Waals surface area contributed by atoms with Crippen LogP contribution in [0.25, 0.3) is 10.2 Å². The molecule has 1 saturated heterocycles. The lowest BCUT2D eigenvalue weighted by atomic mass is 10.2. The van der Waals surface area contributed by atoms with Crippen molar-refractivity contribution in [1.29, 1.82) is 0 Å². The van der Waals surface area contributed by atoms with Crippen LogP contribution in [-0.4, -0.2) is 81.0 Å². The number of carbonyl (C=O) groups excluding carboxylic acids is 1. The molecule has 0 bridgehead atoms. The van der Waals surface area contributed by atoms with Gasteiger partial charge in [0.1, 0.15) is 0 Å². The van der Waals surface area contributed by atoms with Gasteiger partial charge in [0.05, 0.1) is 28.3 Å². The average Bonchev–Trinajstić information content (AvgIpc) is 3.34. The maximum absolute atomic E-state index is 13.8. The van der Waals surface area contributed by atoms with E-state index in [9.17, 15) is 13.2 Å². The molecule has 1 aromatic heterocycles. The lowest BCUT2D eigenvalue weighted by Crippen LogP contribution is -2.39. The highest BCUT2D eigenvalue weighted by Crippen LogP contribution is 2.30. The number of para-hydroxylation sites is 1. The molecule has 1 fully saturated rings. The molecule has 2 aromatic carbocycles. The molecule has 4 rings (SSSR count). The van der Waals surface area contributed by atoms with Crippen molar-refractivity contribution in [3.63, 3.8) is 0 Å². The Hall–Kier alpha value is -2.37. The van der Waals surface area contributed by atoms with E-state index >= 15 is 0 Å². The van der Waals surface area contributed by atoms with Crippen LogP contribution in [0.1, 0.15) is 44.5 Å². The van der Waals surface area contributed by atoms with Gasteiger partial charge >= 0.3 is 0 Å². The fraction of sp³-hybridized carbons (Fsp3) is 0.517. The molecule has 3 aromatic rings. The number of hydrogen-bond acceptors (Lipinski definition) is 7. The van der Waals surface area contributed by atoms with Gasteiger partial charge in [-0.05, 0) is 54.7 Å². The Labute approximate surface area is 236 Å². The molecule has 212 valence electrons. The average molecular weight is 573 g/mol. The zero-order chi connectivity index (χ0) is 28.0. The molecular formula is C29H40N4O4S2. The topological polar surface area (TPSA) is 83.1 Å².